The normalized spacial score (nSPS) is 19.4. The van der Waals surface area contributed by atoms with Gasteiger partial charge in [0.25, 0.3) is 0 Å². The predicted octanol–water partition coefficient (Wildman–Crippen LogP) is 6.70. The summed E-state index contributed by atoms with van der Waals surface area (Å²) in [6.45, 7) is 9.84. The van der Waals surface area contributed by atoms with Crippen molar-refractivity contribution in [1.82, 2.24) is 4.48 Å². The lowest BCUT2D eigenvalue weighted by molar-refractivity contribution is 0.478. The van der Waals surface area contributed by atoms with Crippen LogP contribution in [0.1, 0.15) is 23.6 Å². The Balaban J connectivity index is 1.52. The molecular weight excluding hydrogens is 499 g/mol. The van der Waals surface area contributed by atoms with Crippen LogP contribution in [0.25, 0.3) is 0 Å². The maximum absolute atomic E-state index is 6.98. The molecule has 1 heterocycles. The highest BCUT2D eigenvalue weighted by molar-refractivity contribution is 6.96. The van der Waals surface area contributed by atoms with Crippen LogP contribution >= 0.6 is 0 Å². The van der Waals surface area contributed by atoms with E-state index in [1.54, 1.807) is 0 Å². The van der Waals surface area contributed by atoms with Crippen molar-refractivity contribution in [2.45, 2.75) is 33.4 Å². The van der Waals surface area contributed by atoms with Crippen molar-refractivity contribution in [3.05, 3.63) is 138 Å². The van der Waals surface area contributed by atoms with Crippen molar-refractivity contribution in [2.24, 2.45) is 0 Å². The molecule has 0 aromatic heterocycles. The molecule has 6 rings (SSSR count). The minimum Gasteiger partial charge on any atom is -0.455 e. The van der Waals surface area contributed by atoms with Gasteiger partial charge in [0.15, 0.2) is 6.54 Å². The molecule has 1 saturated heterocycles. The van der Waals surface area contributed by atoms with Crippen LogP contribution in [-0.2, 0) is 0 Å². The molecular formula is C37H38BN2O+. The number of likely N-dealkylation sites (N-methyl/N-ethyl adjacent to an activating group) is 1. The number of quaternary nitrogens is 1. The van der Waals surface area contributed by atoms with E-state index in [0.29, 0.717) is 0 Å². The summed E-state index contributed by atoms with van der Waals surface area (Å²) in [5.41, 5.74) is 9.45. The molecule has 4 heteroatoms. The molecule has 0 amide bonds. The van der Waals surface area contributed by atoms with Crippen LogP contribution in [0.5, 0.6) is 11.5 Å². The zero-order valence-corrected chi connectivity index (χ0v) is 24.7. The van der Waals surface area contributed by atoms with Crippen LogP contribution in [0.4, 0.5) is 11.4 Å². The second-order valence-corrected chi connectivity index (χ2v) is 11.8. The summed E-state index contributed by atoms with van der Waals surface area (Å²) in [6.07, 6.45) is 0. The van der Waals surface area contributed by atoms with Gasteiger partial charge in [-0.25, -0.2) is 0 Å². The molecule has 0 aliphatic carbocycles. The van der Waals surface area contributed by atoms with Gasteiger partial charge in [-0.15, -0.1) is 0 Å². The molecule has 0 spiro atoms. The van der Waals surface area contributed by atoms with Gasteiger partial charge in [0.2, 0.25) is 12.4 Å². The molecule has 1 N–H and O–H groups in total. The van der Waals surface area contributed by atoms with Gasteiger partial charge in [-0.2, -0.15) is 0 Å². The van der Waals surface area contributed by atoms with Crippen LogP contribution in [0.2, 0.25) is 0 Å². The average Bonchev–Trinajstić information content (AvgIpc) is 3.54. The van der Waals surface area contributed by atoms with E-state index in [-0.39, 0.29) is 12.4 Å². The molecule has 1 unspecified atom stereocenters. The van der Waals surface area contributed by atoms with Gasteiger partial charge in [0.05, 0.1) is 12.7 Å². The van der Waals surface area contributed by atoms with E-state index in [1.165, 1.54) is 27.7 Å². The van der Waals surface area contributed by atoms with Gasteiger partial charge in [0.1, 0.15) is 17.2 Å². The number of hydrogen-bond donors (Lipinski definition) is 1. The summed E-state index contributed by atoms with van der Waals surface area (Å²) < 4.78 is 7.81. The zero-order valence-electron chi connectivity index (χ0n) is 24.7. The van der Waals surface area contributed by atoms with Crippen molar-refractivity contribution in [1.29, 1.82) is 0 Å². The Morgan fingerprint density at radius 3 is 1.83 bits per heavy atom. The molecule has 41 heavy (non-hydrogen) atoms. The molecule has 5 aromatic rings. The molecule has 0 saturated carbocycles. The van der Waals surface area contributed by atoms with E-state index in [9.17, 15) is 0 Å². The van der Waals surface area contributed by atoms with Gasteiger partial charge in [-0.3, -0.25) is 4.48 Å². The second-order valence-electron chi connectivity index (χ2n) is 11.8. The standard InChI is InChI=1S/C37H38BN2O/c1-27-16-12-14-22-33(27)40(5)26-37(40,4)39-35-29(3)24-25-32(36(35)41-34-23-15-13-17-28(34)2)38(30-18-8-6-9-19-30)31-20-10-7-11-21-31/h6-25,39H,26H2,1-5H3/q+1/t37-,40?/m1/s1. The van der Waals surface area contributed by atoms with Crippen LogP contribution in [-0.4, -0.2) is 26.0 Å². The SMILES string of the molecule is Cc1ccccc1Oc1c(B(c2ccccc2)c2ccccc2)ccc(C)c1N[C@@]1(C)C[N+]1(C)c1ccccc1C. The Morgan fingerprint density at radius 1 is 0.659 bits per heavy atom. The Bertz CT molecular complexity index is 1650. The lowest BCUT2D eigenvalue weighted by atomic mass is 9.36. The highest BCUT2D eigenvalue weighted by atomic mass is 16.5. The molecule has 5 aromatic carbocycles. The molecule has 1 fully saturated rings. The lowest BCUT2D eigenvalue weighted by Crippen LogP contribution is -2.52. The van der Waals surface area contributed by atoms with Gasteiger partial charge in [-0.05, 0) is 49.5 Å². The van der Waals surface area contributed by atoms with E-state index < -0.39 is 0 Å². The van der Waals surface area contributed by atoms with Crippen molar-refractivity contribution in [2.75, 3.05) is 18.9 Å². The first-order chi connectivity index (χ1) is 19.8. The number of ether oxygens (including phenoxy) is 1. The number of para-hydroxylation sites is 2. The number of aryl methyl sites for hydroxylation is 3. The van der Waals surface area contributed by atoms with Crippen LogP contribution < -0.4 is 30.9 Å². The number of nitrogens with zero attached hydrogens (tertiary/aromatic N) is 1. The van der Waals surface area contributed by atoms with Crippen LogP contribution in [0.3, 0.4) is 0 Å². The van der Waals surface area contributed by atoms with Crippen LogP contribution in [0, 0.1) is 20.8 Å². The number of benzene rings is 5. The topological polar surface area (TPSA) is 21.3 Å². The van der Waals surface area contributed by atoms with E-state index in [4.69, 9.17) is 4.74 Å². The monoisotopic (exact) mass is 537 g/mol. The fourth-order valence-electron chi connectivity index (χ4n) is 6.29. The average molecular weight is 538 g/mol. The maximum Gasteiger partial charge on any atom is 0.246 e. The molecule has 1 aliphatic rings. The molecule has 3 nitrogen and oxygen atoms in total. The Morgan fingerprint density at radius 2 is 1.22 bits per heavy atom. The Kier molecular flexibility index (Phi) is 6.97. The fraction of sp³-hybridized carbons (Fsp3) is 0.189. The van der Waals surface area contributed by atoms with E-state index in [1.807, 2.05) is 6.07 Å². The first kappa shape index (κ1) is 26.9. The molecule has 1 aliphatic heterocycles. The fourth-order valence-corrected chi connectivity index (χ4v) is 6.29. The summed E-state index contributed by atoms with van der Waals surface area (Å²) in [6, 6.07) is 43.0. The van der Waals surface area contributed by atoms with Gasteiger partial charge in [0, 0.05) is 12.5 Å². The highest BCUT2D eigenvalue weighted by Crippen LogP contribution is 2.48. The quantitative estimate of drug-likeness (QED) is 0.135. The van der Waals surface area contributed by atoms with Gasteiger partial charge in [-0.1, -0.05) is 120 Å². The highest BCUT2D eigenvalue weighted by Gasteiger charge is 2.66. The number of nitrogens with one attached hydrogen (secondary N) is 1. The van der Waals surface area contributed by atoms with E-state index >= 15 is 0 Å². The Labute approximate surface area is 245 Å². The van der Waals surface area contributed by atoms with Gasteiger partial charge >= 0.3 is 0 Å². The number of rotatable bonds is 8. The summed E-state index contributed by atoms with van der Waals surface area (Å²) in [5.74, 6) is 1.76. The second kappa shape index (κ2) is 10.6. The molecule has 0 bridgehead atoms. The Hall–Kier alpha value is -4.28. The summed E-state index contributed by atoms with van der Waals surface area (Å²) >= 11 is 0. The van der Waals surface area contributed by atoms with Crippen molar-refractivity contribution < 1.29 is 4.74 Å². The summed E-state index contributed by atoms with van der Waals surface area (Å²) in [4.78, 5) is 0. The minimum atomic E-state index is -0.172. The van der Waals surface area contributed by atoms with Crippen molar-refractivity contribution in [3.8, 4) is 11.5 Å². The first-order valence-corrected chi connectivity index (χ1v) is 14.5. The third-order valence-electron chi connectivity index (χ3n) is 8.93. The summed E-state index contributed by atoms with van der Waals surface area (Å²) in [7, 11) is 2.33. The van der Waals surface area contributed by atoms with Crippen molar-refractivity contribution in [3.63, 3.8) is 0 Å². The predicted molar refractivity (Wildman–Crippen MR) is 176 cm³/mol. The largest absolute Gasteiger partial charge is 0.455 e. The van der Waals surface area contributed by atoms with Crippen LogP contribution in [0.15, 0.2) is 121 Å². The number of hydrogen-bond acceptors (Lipinski definition) is 2. The zero-order chi connectivity index (χ0) is 28.6. The molecule has 2 atom stereocenters. The van der Waals surface area contributed by atoms with Crippen molar-refractivity contribution >= 4 is 34.5 Å². The maximum atomic E-state index is 6.98. The first-order valence-electron chi connectivity index (χ1n) is 14.5. The van der Waals surface area contributed by atoms with E-state index in [2.05, 4.69) is 155 Å². The summed E-state index contributed by atoms with van der Waals surface area (Å²) in [5, 5.41) is 4.03. The minimum absolute atomic E-state index is 0.0156. The van der Waals surface area contributed by atoms with Gasteiger partial charge < -0.3 is 10.1 Å². The number of anilines is 1. The molecule has 204 valence electrons. The third-order valence-corrected chi connectivity index (χ3v) is 8.93. The van der Waals surface area contributed by atoms with E-state index in [0.717, 1.165) is 39.2 Å². The lowest BCUT2D eigenvalue weighted by Gasteiger charge is -2.27. The smallest absolute Gasteiger partial charge is 0.246 e. The third kappa shape index (κ3) is 4.94. The molecule has 0 radical (unpaired) electrons.